The Kier molecular flexibility index (Phi) is 6.21. The van der Waals surface area contributed by atoms with Crippen molar-refractivity contribution < 1.29 is 14.3 Å². The van der Waals surface area contributed by atoms with Gasteiger partial charge in [0.15, 0.2) is 18.1 Å². The largest absolute Gasteiger partial charge is 0.493 e. The Morgan fingerprint density at radius 1 is 1.29 bits per heavy atom. The molecule has 1 atom stereocenters. The first kappa shape index (κ1) is 17.8. The highest BCUT2D eigenvalue weighted by Gasteiger charge is 2.13. The van der Waals surface area contributed by atoms with Crippen LogP contribution in [0.4, 0.5) is 0 Å². The molecule has 0 saturated heterocycles. The summed E-state index contributed by atoms with van der Waals surface area (Å²) in [4.78, 5) is 12.1. The van der Waals surface area contributed by atoms with Gasteiger partial charge >= 0.3 is 0 Å². The molecular formula is C18H17BrN2O3. The van der Waals surface area contributed by atoms with Gasteiger partial charge in [-0.25, -0.2) is 0 Å². The molecule has 0 unspecified atom stereocenters. The normalized spacial score (nSPS) is 11.2. The topological polar surface area (TPSA) is 71.3 Å². The number of nitrogens with one attached hydrogen (secondary N) is 1. The molecule has 124 valence electrons. The van der Waals surface area contributed by atoms with Gasteiger partial charge in [-0.3, -0.25) is 4.79 Å². The zero-order valence-corrected chi connectivity index (χ0v) is 15.0. The molecule has 1 amide bonds. The maximum Gasteiger partial charge on any atom is 0.258 e. The van der Waals surface area contributed by atoms with E-state index in [1.165, 1.54) is 7.11 Å². The minimum absolute atomic E-state index is 0.142. The maximum atomic E-state index is 12.1. The number of hydrogen-bond acceptors (Lipinski definition) is 4. The first-order chi connectivity index (χ1) is 11.5. The molecule has 24 heavy (non-hydrogen) atoms. The Morgan fingerprint density at radius 3 is 2.71 bits per heavy atom. The number of ether oxygens (including phenoxy) is 2. The summed E-state index contributed by atoms with van der Waals surface area (Å²) in [7, 11) is 1.48. The van der Waals surface area contributed by atoms with E-state index in [0.717, 1.165) is 10.0 Å². The van der Waals surface area contributed by atoms with Gasteiger partial charge < -0.3 is 14.8 Å². The Labute approximate surface area is 149 Å². The highest BCUT2D eigenvalue weighted by Crippen LogP contribution is 2.28. The van der Waals surface area contributed by atoms with Gasteiger partial charge in [-0.2, -0.15) is 5.26 Å². The maximum absolute atomic E-state index is 12.1. The van der Waals surface area contributed by atoms with Crippen LogP contribution in [0.5, 0.6) is 11.5 Å². The first-order valence-corrected chi connectivity index (χ1v) is 8.09. The van der Waals surface area contributed by atoms with Gasteiger partial charge in [0.05, 0.1) is 24.8 Å². The number of methoxy groups -OCH3 is 1. The summed E-state index contributed by atoms with van der Waals surface area (Å²) in [6, 6.07) is 14.4. The van der Waals surface area contributed by atoms with Crippen LogP contribution in [0.3, 0.4) is 0 Å². The van der Waals surface area contributed by atoms with Crippen LogP contribution >= 0.6 is 15.9 Å². The van der Waals surface area contributed by atoms with E-state index in [0.29, 0.717) is 17.1 Å². The van der Waals surface area contributed by atoms with Crippen molar-refractivity contribution >= 4 is 21.8 Å². The minimum atomic E-state index is -0.246. The number of nitriles is 1. The molecule has 0 spiro atoms. The molecule has 1 N–H and O–H groups in total. The minimum Gasteiger partial charge on any atom is -0.493 e. The fourth-order valence-electron chi connectivity index (χ4n) is 2.19. The monoisotopic (exact) mass is 388 g/mol. The second-order valence-electron chi connectivity index (χ2n) is 5.08. The molecule has 0 heterocycles. The van der Waals surface area contributed by atoms with Crippen LogP contribution < -0.4 is 14.8 Å². The lowest BCUT2D eigenvalue weighted by atomic mass is 10.1. The lowest BCUT2D eigenvalue weighted by Crippen LogP contribution is -2.31. The summed E-state index contributed by atoms with van der Waals surface area (Å²) in [5.41, 5.74) is 1.45. The molecule has 6 heteroatoms. The molecular weight excluding hydrogens is 372 g/mol. The first-order valence-electron chi connectivity index (χ1n) is 7.30. The van der Waals surface area contributed by atoms with Gasteiger partial charge in [-0.05, 0) is 30.7 Å². The number of halogens is 1. The van der Waals surface area contributed by atoms with Gasteiger partial charge in [0.2, 0.25) is 0 Å². The second-order valence-corrected chi connectivity index (χ2v) is 5.93. The van der Waals surface area contributed by atoms with Crippen LogP contribution in [0.1, 0.15) is 24.1 Å². The zero-order valence-electron chi connectivity index (χ0n) is 13.4. The average Bonchev–Trinajstić information content (AvgIpc) is 2.60. The number of amides is 1. The lowest BCUT2D eigenvalue weighted by molar-refractivity contribution is -0.123. The van der Waals surface area contributed by atoms with Crippen LogP contribution in [-0.2, 0) is 4.79 Å². The van der Waals surface area contributed by atoms with Crippen LogP contribution in [0, 0.1) is 11.3 Å². The van der Waals surface area contributed by atoms with E-state index in [1.54, 1.807) is 18.2 Å². The number of hydrogen-bond donors (Lipinski definition) is 1. The predicted octanol–water partition coefficient (Wildman–Crippen LogP) is 3.59. The van der Waals surface area contributed by atoms with Gasteiger partial charge in [-0.15, -0.1) is 0 Å². The summed E-state index contributed by atoms with van der Waals surface area (Å²) < 4.78 is 11.6. The van der Waals surface area contributed by atoms with Crippen molar-refractivity contribution in [2.24, 2.45) is 0 Å². The highest BCUT2D eigenvalue weighted by atomic mass is 79.9. The Bertz CT molecular complexity index is 771. The summed E-state index contributed by atoms with van der Waals surface area (Å²) in [6.45, 7) is 1.76. The van der Waals surface area contributed by atoms with Crippen LogP contribution in [0.15, 0.2) is 46.9 Å². The Balaban J connectivity index is 1.96. The van der Waals surface area contributed by atoms with E-state index in [9.17, 15) is 4.79 Å². The van der Waals surface area contributed by atoms with E-state index in [4.69, 9.17) is 14.7 Å². The summed E-state index contributed by atoms with van der Waals surface area (Å²) in [5, 5.41) is 11.8. The van der Waals surface area contributed by atoms with E-state index in [2.05, 4.69) is 21.2 Å². The third kappa shape index (κ3) is 4.49. The molecule has 0 bridgehead atoms. The van der Waals surface area contributed by atoms with Gasteiger partial charge in [0.25, 0.3) is 5.91 Å². The van der Waals surface area contributed by atoms with Crippen LogP contribution in [-0.4, -0.2) is 19.6 Å². The van der Waals surface area contributed by atoms with E-state index >= 15 is 0 Å². The van der Waals surface area contributed by atoms with Crippen LogP contribution in [0.25, 0.3) is 0 Å². The lowest BCUT2D eigenvalue weighted by Gasteiger charge is -2.16. The SMILES string of the molecule is COc1cc(C#N)ccc1OCC(=O)N[C@H](C)c1ccccc1Br. The summed E-state index contributed by atoms with van der Waals surface area (Å²) in [6.07, 6.45) is 0. The predicted molar refractivity (Wildman–Crippen MR) is 93.9 cm³/mol. The standard InChI is InChI=1S/C18H17BrN2O3/c1-12(14-5-3-4-6-15(14)19)21-18(22)11-24-16-8-7-13(10-20)9-17(16)23-2/h3-9,12H,11H2,1-2H3,(H,21,22)/t12-/m1/s1. The average molecular weight is 389 g/mol. The number of benzene rings is 2. The van der Waals surface area contributed by atoms with Crippen molar-refractivity contribution in [3.8, 4) is 17.6 Å². The fraction of sp³-hybridized carbons (Fsp3) is 0.222. The third-order valence-corrected chi connectivity index (χ3v) is 4.12. The molecule has 5 nitrogen and oxygen atoms in total. The van der Waals surface area contributed by atoms with E-state index in [-0.39, 0.29) is 18.6 Å². The molecule has 2 aromatic carbocycles. The molecule has 0 aliphatic heterocycles. The molecule has 0 aliphatic rings. The molecule has 2 rings (SSSR count). The van der Waals surface area contributed by atoms with Crippen molar-refractivity contribution in [2.45, 2.75) is 13.0 Å². The molecule has 0 aliphatic carbocycles. The number of carbonyl (C=O) groups is 1. The fourth-order valence-corrected chi connectivity index (χ4v) is 2.81. The Hall–Kier alpha value is -2.52. The van der Waals surface area contributed by atoms with Gasteiger partial charge in [0.1, 0.15) is 0 Å². The van der Waals surface area contributed by atoms with Crippen LogP contribution in [0.2, 0.25) is 0 Å². The quantitative estimate of drug-likeness (QED) is 0.820. The van der Waals surface area contributed by atoms with E-state index < -0.39 is 0 Å². The van der Waals surface area contributed by atoms with Crippen molar-refractivity contribution in [2.75, 3.05) is 13.7 Å². The third-order valence-electron chi connectivity index (χ3n) is 3.40. The number of carbonyl (C=O) groups excluding carboxylic acids is 1. The molecule has 0 aromatic heterocycles. The molecule has 0 saturated carbocycles. The van der Waals surface area contributed by atoms with E-state index in [1.807, 2.05) is 37.3 Å². The van der Waals surface area contributed by atoms with Crippen molar-refractivity contribution in [3.63, 3.8) is 0 Å². The van der Waals surface area contributed by atoms with Gasteiger partial charge in [0, 0.05) is 10.5 Å². The van der Waals surface area contributed by atoms with Crippen molar-refractivity contribution in [1.82, 2.24) is 5.32 Å². The molecule has 2 aromatic rings. The molecule has 0 fully saturated rings. The number of nitrogens with zero attached hydrogens (tertiary/aromatic N) is 1. The second kappa shape index (κ2) is 8.37. The smallest absolute Gasteiger partial charge is 0.258 e. The molecule has 0 radical (unpaired) electrons. The van der Waals surface area contributed by atoms with Gasteiger partial charge in [-0.1, -0.05) is 34.1 Å². The number of rotatable bonds is 6. The highest BCUT2D eigenvalue weighted by molar-refractivity contribution is 9.10. The Morgan fingerprint density at radius 2 is 2.04 bits per heavy atom. The summed E-state index contributed by atoms with van der Waals surface area (Å²) >= 11 is 3.47. The summed E-state index contributed by atoms with van der Waals surface area (Å²) in [5.74, 6) is 0.588. The van der Waals surface area contributed by atoms with Crippen molar-refractivity contribution in [1.29, 1.82) is 5.26 Å². The van der Waals surface area contributed by atoms with Crippen molar-refractivity contribution in [3.05, 3.63) is 58.1 Å². The zero-order chi connectivity index (χ0) is 17.5.